The van der Waals surface area contributed by atoms with Gasteiger partial charge in [0, 0.05) is 16.6 Å². The molecule has 0 aromatic carbocycles. The Balaban J connectivity index is 2.27. The van der Waals surface area contributed by atoms with E-state index >= 15 is 0 Å². The number of hydrogen-bond acceptors (Lipinski definition) is 4. The molecule has 0 saturated heterocycles. The van der Waals surface area contributed by atoms with E-state index in [-0.39, 0.29) is 5.56 Å². The van der Waals surface area contributed by atoms with Gasteiger partial charge in [-0.05, 0) is 19.1 Å². The third-order valence-corrected chi connectivity index (χ3v) is 3.48. The summed E-state index contributed by atoms with van der Waals surface area (Å²) in [7, 11) is 0. The lowest BCUT2D eigenvalue weighted by atomic mass is 10.3. The minimum absolute atomic E-state index is 0.325. The number of rotatable bonds is 2. The smallest absolute Gasteiger partial charge is 0.320 e. The molecule has 2 aromatic heterocycles. The number of nitrogens with zero attached hydrogens (tertiary/aromatic N) is 1. The van der Waals surface area contributed by atoms with E-state index < -0.39 is 5.69 Å². The fraction of sp³-hybridized carbons (Fsp3) is 0.231. The topological polar surface area (TPSA) is 80.9 Å². The molecule has 0 unspecified atom stereocenters. The lowest BCUT2D eigenvalue weighted by molar-refractivity contribution is 0.721. The SMILES string of the molecule is Cc1cn(Cc2ccc(C#CCN)s2)c(=O)[nH]c1=O. The number of hydrogen-bond donors (Lipinski definition) is 2. The van der Waals surface area contributed by atoms with Crippen LogP contribution in [-0.4, -0.2) is 16.1 Å². The Labute approximate surface area is 113 Å². The van der Waals surface area contributed by atoms with Gasteiger partial charge in [0.1, 0.15) is 0 Å². The molecule has 0 aliphatic carbocycles. The average Bonchev–Trinajstić information content (AvgIpc) is 2.81. The molecule has 0 saturated carbocycles. The van der Waals surface area contributed by atoms with Gasteiger partial charge in [0.2, 0.25) is 0 Å². The maximum Gasteiger partial charge on any atom is 0.328 e. The van der Waals surface area contributed by atoms with Crippen molar-refractivity contribution in [3.63, 3.8) is 0 Å². The van der Waals surface area contributed by atoms with Crippen LogP contribution < -0.4 is 17.0 Å². The number of nitrogens with two attached hydrogens (primary N) is 1. The largest absolute Gasteiger partial charge is 0.328 e. The second kappa shape index (κ2) is 5.69. The number of H-pyrrole nitrogens is 1. The molecule has 0 atom stereocenters. The second-order valence-corrected chi connectivity index (χ2v) is 5.14. The highest BCUT2D eigenvalue weighted by Crippen LogP contribution is 2.15. The van der Waals surface area contributed by atoms with Crippen LogP contribution in [0.1, 0.15) is 15.3 Å². The van der Waals surface area contributed by atoms with Gasteiger partial charge in [-0.2, -0.15) is 0 Å². The van der Waals surface area contributed by atoms with Crippen LogP contribution in [0.5, 0.6) is 0 Å². The van der Waals surface area contributed by atoms with E-state index in [0.717, 1.165) is 9.75 Å². The van der Waals surface area contributed by atoms with Gasteiger partial charge in [-0.1, -0.05) is 11.8 Å². The van der Waals surface area contributed by atoms with Crippen molar-refractivity contribution in [3.8, 4) is 11.8 Å². The first kappa shape index (κ1) is 13.3. The first-order chi connectivity index (χ1) is 9.10. The molecule has 0 radical (unpaired) electrons. The quantitative estimate of drug-likeness (QED) is 0.772. The number of aromatic nitrogens is 2. The molecular weight excluding hydrogens is 262 g/mol. The van der Waals surface area contributed by atoms with E-state index in [1.807, 2.05) is 12.1 Å². The minimum atomic E-state index is -0.404. The highest BCUT2D eigenvalue weighted by Gasteiger charge is 2.04. The summed E-state index contributed by atoms with van der Waals surface area (Å²) in [5.74, 6) is 5.73. The fourth-order valence-electron chi connectivity index (χ4n) is 1.57. The Morgan fingerprint density at radius 3 is 2.95 bits per heavy atom. The van der Waals surface area contributed by atoms with Crippen molar-refractivity contribution in [2.24, 2.45) is 5.73 Å². The predicted molar refractivity (Wildman–Crippen MR) is 75.4 cm³/mol. The van der Waals surface area contributed by atoms with E-state index in [4.69, 9.17) is 5.73 Å². The van der Waals surface area contributed by atoms with E-state index in [1.54, 1.807) is 13.1 Å². The summed E-state index contributed by atoms with van der Waals surface area (Å²) in [6.07, 6.45) is 1.56. The fourth-order valence-corrected chi connectivity index (χ4v) is 2.45. The van der Waals surface area contributed by atoms with Gasteiger partial charge in [0.05, 0.1) is 18.0 Å². The molecule has 5 nitrogen and oxygen atoms in total. The van der Waals surface area contributed by atoms with Crippen LogP contribution in [0.4, 0.5) is 0 Å². The first-order valence-electron chi connectivity index (χ1n) is 5.68. The zero-order valence-electron chi connectivity index (χ0n) is 10.4. The van der Waals surface area contributed by atoms with E-state index in [0.29, 0.717) is 18.7 Å². The number of aryl methyl sites for hydroxylation is 1. The van der Waals surface area contributed by atoms with Crippen LogP contribution >= 0.6 is 11.3 Å². The van der Waals surface area contributed by atoms with Gasteiger partial charge in [-0.15, -0.1) is 11.3 Å². The molecule has 2 rings (SSSR count). The normalized spacial score (nSPS) is 10.0. The second-order valence-electron chi connectivity index (χ2n) is 3.97. The third kappa shape index (κ3) is 3.22. The highest BCUT2D eigenvalue weighted by molar-refractivity contribution is 7.12. The monoisotopic (exact) mass is 275 g/mol. The van der Waals surface area contributed by atoms with E-state index in [9.17, 15) is 9.59 Å². The Bertz CT molecular complexity index is 758. The van der Waals surface area contributed by atoms with Crippen LogP contribution in [0.3, 0.4) is 0 Å². The maximum atomic E-state index is 11.6. The van der Waals surface area contributed by atoms with Crippen molar-refractivity contribution in [1.29, 1.82) is 0 Å². The summed E-state index contributed by atoms with van der Waals surface area (Å²) in [6.45, 7) is 2.42. The maximum absolute atomic E-state index is 11.6. The molecule has 0 bridgehead atoms. The van der Waals surface area contributed by atoms with Gasteiger partial charge in [0.25, 0.3) is 5.56 Å². The minimum Gasteiger partial charge on any atom is -0.320 e. The Kier molecular flexibility index (Phi) is 4.00. The summed E-state index contributed by atoms with van der Waals surface area (Å²) in [5, 5.41) is 0. The van der Waals surface area contributed by atoms with Crippen molar-refractivity contribution in [2.45, 2.75) is 13.5 Å². The Hall–Kier alpha value is -2.10. The van der Waals surface area contributed by atoms with Crippen molar-refractivity contribution < 1.29 is 0 Å². The van der Waals surface area contributed by atoms with Crippen LogP contribution in [0, 0.1) is 18.8 Å². The van der Waals surface area contributed by atoms with E-state index in [2.05, 4.69) is 16.8 Å². The third-order valence-electron chi connectivity index (χ3n) is 2.49. The number of aromatic amines is 1. The molecule has 0 amide bonds. The number of thiophene rings is 1. The molecule has 0 fully saturated rings. The molecule has 2 heterocycles. The van der Waals surface area contributed by atoms with Crippen LogP contribution in [0.15, 0.2) is 27.9 Å². The average molecular weight is 275 g/mol. The zero-order chi connectivity index (χ0) is 13.8. The molecule has 98 valence electrons. The lowest BCUT2D eigenvalue weighted by Crippen LogP contribution is -2.30. The summed E-state index contributed by atoms with van der Waals surface area (Å²) >= 11 is 1.51. The molecule has 3 N–H and O–H groups in total. The van der Waals surface area contributed by atoms with Gasteiger partial charge in [0.15, 0.2) is 0 Å². The molecule has 19 heavy (non-hydrogen) atoms. The van der Waals surface area contributed by atoms with Crippen LogP contribution in [0.2, 0.25) is 0 Å². The molecule has 6 heteroatoms. The highest BCUT2D eigenvalue weighted by atomic mass is 32.1. The predicted octanol–water partition coefficient (Wildman–Crippen LogP) is 0.265. The van der Waals surface area contributed by atoms with Gasteiger partial charge in [-0.3, -0.25) is 14.3 Å². The summed E-state index contributed by atoms with van der Waals surface area (Å²) < 4.78 is 1.47. The van der Waals surface area contributed by atoms with Crippen molar-refractivity contribution in [1.82, 2.24) is 9.55 Å². The van der Waals surface area contributed by atoms with Crippen molar-refractivity contribution in [2.75, 3.05) is 6.54 Å². The lowest BCUT2D eigenvalue weighted by Gasteiger charge is -2.03. The molecular formula is C13H13N3O2S. The summed E-state index contributed by atoms with van der Waals surface area (Å²) in [5.41, 5.74) is 5.07. The van der Waals surface area contributed by atoms with Gasteiger partial charge >= 0.3 is 5.69 Å². The first-order valence-corrected chi connectivity index (χ1v) is 6.50. The number of nitrogens with one attached hydrogen (secondary N) is 1. The Morgan fingerprint density at radius 2 is 2.21 bits per heavy atom. The Morgan fingerprint density at radius 1 is 1.42 bits per heavy atom. The van der Waals surface area contributed by atoms with Gasteiger partial charge < -0.3 is 5.73 Å². The summed E-state index contributed by atoms with van der Waals surface area (Å²) in [6, 6.07) is 3.81. The molecule has 2 aromatic rings. The van der Waals surface area contributed by atoms with E-state index in [1.165, 1.54) is 15.9 Å². The zero-order valence-corrected chi connectivity index (χ0v) is 11.2. The molecule has 0 aliphatic heterocycles. The van der Waals surface area contributed by atoms with Crippen molar-refractivity contribution in [3.05, 3.63) is 54.5 Å². The van der Waals surface area contributed by atoms with Crippen molar-refractivity contribution >= 4 is 11.3 Å². The standard InChI is InChI=1S/C13H13N3O2S/c1-9-7-16(13(18)15-12(9)17)8-11-5-4-10(19-11)3-2-6-14/h4-5,7H,6,8,14H2,1H3,(H,15,17,18). The summed E-state index contributed by atoms with van der Waals surface area (Å²) in [4.78, 5) is 27.1. The van der Waals surface area contributed by atoms with Gasteiger partial charge in [-0.25, -0.2) is 4.79 Å². The van der Waals surface area contributed by atoms with Crippen LogP contribution in [0.25, 0.3) is 0 Å². The molecule has 0 aliphatic rings. The van der Waals surface area contributed by atoms with Crippen LogP contribution in [-0.2, 0) is 6.54 Å². The molecule has 0 spiro atoms.